The number of ether oxygens (including phenoxy) is 2. The van der Waals surface area contributed by atoms with Crippen LogP contribution in [0.15, 0.2) is 24.3 Å². The van der Waals surface area contributed by atoms with Gasteiger partial charge in [0.1, 0.15) is 5.75 Å². The van der Waals surface area contributed by atoms with Gasteiger partial charge in [-0.3, -0.25) is 9.80 Å². The lowest BCUT2D eigenvalue weighted by Gasteiger charge is -2.35. The second kappa shape index (κ2) is 8.11. The van der Waals surface area contributed by atoms with Gasteiger partial charge in [0.25, 0.3) is 0 Å². The van der Waals surface area contributed by atoms with Crippen molar-refractivity contribution in [2.45, 2.75) is 31.6 Å². The molecule has 1 atom stereocenters. The van der Waals surface area contributed by atoms with Gasteiger partial charge in [0.2, 0.25) is 0 Å². The number of benzene rings is 1. The molecule has 0 aromatic heterocycles. The summed E-state index contributed by atoms with van der Waals surface area (Å²) < 4.78 is 10.8. The number of β-amino-alcohol motifs (C(OH)–C–C–N with tert-alkyl or cyclic N) is 1. The number of hydrogen-bond acceptors (Lipinski definition) is 5. The SMILES string of the molecule is COc1ccc(COCC(O)CN2CCN(C3CC3)CC2)cc1. The summed E-state index contributed by atoms with van der Waals surface area (Å²) in [5.74, 6) is 0.846. The predicted octanol–water partition coefficient (Wildman–Crippen LogP) is 1.35. The minimum Gasteiger partial charge on any atom is -0.497 e. The average molecular weight is 320 g/mol. The van der Waals surface area contributed by atoms with Gasteiger partial charge in [-0.1, -0.05) is 12.1 Å². The molecule has 3 rings (SSSR count). The van der Waals surface area contributed by atoms with Crippen LogP contribution in [-0.2, 0) is 11.3 Å². The van der Waals surface area contributed by atoms with Gasteiger partial charge < -0.3 is 14.6 Å². The molecular weight excluding hydrogens is 292 g/mol. The van der Waals surface area contributed by atoms with Crippen LogP contribution in [0.3, 0.4) is 0 Å². The summed E-state index contributed by atoms with van der Waals surface area (Å²) in [5, 5.41) is 10.1. The minimum absolute atomic E-state index is 0.384. The van der Waals surface area contributed by atoms with Crippen molar-refractivity contribution in [3.8, 4) is 5.75 Å². The van der Waals surface area contributed by atoms with Crippen LogP contribution in [0.1, 0.15) is 18.4 Å². The van der Waals surface area contributed by atoms with E-state index in [2.05, 4.69) is 9.80 Å². The van der Waals surface area contributed by atoms with E-state index in [0.717, 1.165) is 43.5 Å². The number of hydrogen-bond donors (Lipinski definition) is 1. The highest BCUT2D eigenvalue weighted by Gasteiger charge is 2.31. The summed E-state index contributed by atoms with van der Waals surface area (Å²) in [7, 11) is 1.66. The maximum absolute atomic E-state index is 10.1. The van der Waals surface area contributed by atoms with E-state index >= 15 is 0 Å². The molecule has 0 amide bonds. The second-order valence-electron chi connectivity index (χ2n) is 6.58. The molecule has 1 saturated heterocycles. The predicted molar refractivity (Wildman–Crippen MR) is 89.7 cm³/mol. The van der Waals surface area contributed by atoms with Gasteiger partial charge in [0.05, 0.1) is 26.4 Å². The third-order valence-corrected chi connectivity index (χ3v) is 4.68. The Morgan fingerprint density at radius 2 is 1.83 bits per heavy atom. The van der Waals surface area contributed by atoms with Gasteiger partial charge >= 0.3 is 0 Å². The largest absolute Gasteiger partial charge is 0.497 e. The second-order valence-corrected chi connectivity index (χ2v) is 6.58. The van der Waals surface area contributed by atoms with Crippen molar-refractivity contribution in [2.75, 3.05) is 46.4 Å². The van der Waals surface area contributed by atoms with Crippen molar-refractivity contribution in [3.05, 3.63) is 29.8 Å². The zero-order valence-corrected chi connectivity index (χ0v) is 14.0. The molecule has 1 aromatic rings. The lowest BCUT2D eigenvalue weighted by atomic mass is 10.2. The Morgan fingerprint density at radius 1 is 1.13 bits per heavy atom. The Balaban J connectivity index is 1.30. The molecule has 2 aliphatic rings. The fourth-order valence-electron chi connectivity index (χ4n) is 3.14. The first-order valence-electron chi connectivity index (χ1n) is 8.60. The smallest absolute Gasteiger partial charge is 0.118 e. The number of nitrogens with zero attached hydrogens (tertiary/aromatic N) is 2. The highest BCUT2D eigenvalue weighted by atomic mass is 16.5. The first-order chi connectivity index (χ1) is 11.2. The first-order valence-corrected chi connectivity index (χ1v) is 8.60. The normalized spacial score (nSPS) is 21.3. The summed E-state index contributed by atoms with van der Waals surface area (Å²) in [6.07, 6.45) is 2.34. The molecule has 5 heteroatoms. The summed E-state index contributed by atoms with van der Waals surface area (Å²) in [6, 6.07) is 8.68. The number of piperazine rings is 1. The van der Waals surface area contributed by atoms with Crippen LogP contribution in [0.25, 0.3) is 0 Å². The van der Waals surface area contributed by atoms with Crippen LogP contribution in [-0.4, -0.2) is 73.5 Å². The molecule has 1 saturated carbocycles. The lowest BCUT2D eigenvalue weighted by molar-refractivity contribution is 0.000864. The van der Waals surface area contributed by atoms with Crippen molar-refractivity contribution in [3.63, 3.8) is 0 Å². The molecule has 1 heterocycles. The summed E-state index contributed by atoms with van der Waals surface area (Å²) in [5.41, 5.74) is 1.09. The summed E-state index contributed by atoms with van der Waals surface area (Å²) in [4.78, 5) is 4.93. The third-order valence-electron chi connectivity index (χ3n) is 4.68. The molecule has 0 radical (unpaired) electrons. The maximum Gasteiger partial charge on any atom is 0.118 e. The van der Waals surface area contributed by atoms with Crippen LogP contribution >= 0.6 is 0 Å². The van der Waals surface area contributed by atoms with Gasteiger partial charge in [-0.15, -0.1) is 0 Å². The summed E-state index contributed by atoms with van der Waals surface area (Å²) in [6.45, 7) is 6.03. The van der Waals surface area contributed by atoms with Crippen LogP contribution in [0.4, 0.5) is 0 Å². The standard InChI is InChI=1S/C18H28N2O3/c1-22-18-6-2-15(3-7-18)13-23-14-17(21)12-19-8-10-20(11-9-19)16-4-5-16/h2-3,6-7,16-17,21H,4-5,8-14H2,1H3. The molecule has 2 fully saturated rings. The Hall–Kier alpha value is -1.14. The fourth-order valence-corrected chi connectivity index (χ4v) is 3.14. The Bertz CT molecular complexity index is 468. The van der Waals surface area contributed by atoms with E-state index in [9.17, 15) is 5.11 Å². The van der Waals surface area contributed by atoms with Crippen molar-refractivity contribution >= 4 is 0 Å². The average Bonchev–Trinajstić information content (AvgIpc) is 3.41. The molecule has 5 nitrogen and oxygen atoms in total. The van der Waals surface area contributed by atoms with Crippen LogP contribution in [0.2, 0.25) is 0 Å². The highest BCUT2D eigenvalue weighted by Crippen LogP contribution is 2.27. The van der Waals surface area contributed by atoms with Crippen molar-refractivity contribution in [1.29, 1.82) is 0 Å². The molecular formula is C18H28N2O3. The van der Waals surface area contributed by atoms with Crippen LogP contribution in [0, 0.1) is 0 Å². The highest BCUT2D eigenvalue weighted by molar-refractivity contribution is 5.26. The van der Waals surface area contributed by atoms with Crippen LogP contribution in [0.5, 0.6) is 5.75 Å². The minimum atomic E-state index is -0.416. The zero-order chi connectivity index (χ0) is 16.1. The molecule has 1 aromatic carbocycles. The van der Waals surface area contributed by atoms with Gasteiger partial charge in [-0.2, -0.15) is 0 Å². The number of rotatable bonds is 8. The number of aliphatic hydroxyl groups excluding tert-OH is 1. The van der Waals surface area contributed by atoms with E-state index in [1.807, 2.05) is 24.3 Å². The molecule has 0 bridgehead atoms. The maximum atomic E-state index is 10.1. The molecule has 23 heavy (non-hydrogen) atoms. The van der Waals surface area contributed by atoms with Gasteiger partial charge in [-0.05, 0) is 30.5 Å². The van der Waals surface area contributed by atoms with Crippen molar-refractivity contribution in [2.24, 2.45) is 0 Å². The Morgan fingerprint density at radius 3 is 2.43 bits per heavy atom. The molecule has 1 unspecified atom stereocenters. The third kappa shape index (κ3) is 5.18. The quantitative estimate of drug-likeness (QED) is 0.783. The van der Waals surface area contributed by atoms with E-state index in [1.165, 1.54) is 12.8 Å². The Kier molecular flexibility index (Phi) is 5.89. The van der Waals surface area contributed by atoms with Gasteiger partial charge in [-0.25, -0.2) is 0 Å². The van der Waals surface area contributed by atoms with E-state index in [0.29, 0.717) is 19.8 Å². The van der Waals surface area contributed by atoms with Crippen LogP contribution < -0.4 is 4.74 Å². The topological polar surface area (TPSA) is 45.2 Å². The number of methoxy groups -OCH3 is 1. The van der Waals surface area contributed by atoms with Crippen molar-refractivity contribution < 1.29 is 14.6 Å². The molecule has 0 spiro atoms. The van der Waals surface area contributed by atoms with Gasteiger partial charge in [0.15, 0.2) is 0 Å². The lowest BCUT2D eigenvalue weighted by Crippen LogP contribution is -2.49. The van der Waals surface area contributed by atoms with E-state index in [4.69, 9.17) is 9.47 Å². The summed E-state index contributed by atoms with van der Waals surface area (Å²) >= 11 is 0. The fraction of sp³-hybridized carbons (Fsp3) is 0.667. The van der Waals surface area contributed by atoms with Gasteiger partial charge in [0, 0.05) is 38.8 Å². The number of aliphatic hydroxyl groups is 1. The molecule has 1 aliphatic carbocycles. The molecule has 1 aliphatic heterocycles. The van der Waals surface area contributed by atoms with E-state index in [1.54, 1.807) is 7.11 Å². The Labute approximate surface area is 138 Å². The monoisotopic (exact) mass is 320 g/mol. The van der Waals surface area contributed by atoms with Crippen molar-refractivity contribution in [1.82, 2.24) is 9.80 Å². The first kappa shape index (κ1) is 16.7. The van der Waals surface area contributed by atoms with E-state index < -0.39 is 6.10 Å². The van der Waals surface area contributed by atoms with E-state index in [-0.39, 0.29) is 0 Å². The molecule has 1 N–H and O–H groups in total. The zero-order valence-electron chi connectivity index (χ0n) is 14.0. The molecule has 128 valence electrons.